The van der Waals surface area contributed by atoms with E-state index in [9.17, 15) is 4.79 Å². The molecule has 0 aliphatic carbocycles. The highest BCUT2D eigenvalue weighted by molar-refractivity contribution is 6.31. The lowest BCUT2D eigenvalue weighted by molar-refractivity contribution is 0.0946. The number of nitrogens with one attached hydrogen (secondary N) is 2. The van der Waals surface area contributed by atoms with Crippen molar-refractivity contribution >= 4 is 29.0 Å². The molecule has 1 aromatic carbocycles. The van der Waals surface area contributed by atoms with Crippen molar-refractivity contribution in [1.82, 2.24) is 20.2 Å². The highest BCUT2D eigenvalue weighted by Crippen LogP contribution is 2.25. The molecule has 1 amide bonds. The number of carbonyl (C=O) groups excluding carboxylic acids is 1. The number of hydrogen-bond donors (Lipinski definition) is 2. The molecule has 2 rings (SSSR count). The molecule has 0 spiro atoms. The van der Waals surface area contributed by atoms with E-state index in [0.717, 1.165) is 17.8 Å². The van der Waals surface area contributed by atoms with E-state index in [1.165, 1.54) is 6.33 Å². The third-order valence-electron chi connectivity index (χ3n) is 3.27. The average molecular weight is 334 g/mol. The van der Waals surface area contributed by atoms with E-state index in [1.807, 2.05) is 44.1 Å². The Morgan fingerprint density at radius 2 is 2.09 bits per heavy atom. The van der Waals surface area contributed by atoms with Gasteiger partial charge in [-0.3, -0.25) is 4.79 Å². The minimum atomic E-state index is -0.222. The Kier molecular flexibility index (Phi) is 5.90. The molecule has 0 aliphatic heterocycles. The fraction of sp³-hybridized carbons (Fsp3) is 0.312. The second-order valence-electron chi connectivity index (χ2n) is 5.39. The van der Waals surface area contributed by atoms with Gasteiger partial charge >= 0.3 is 0 Å². The first kappa shape index (κ1) is 17.2. The molecule has 1 heterocycles. The summed E-state index contributed by atoms with van der Waals surface area (Å²) in [5, 5.41) is 6.65. The third kappa shape index (κ3) is 4.91. The zero-order valence-corrected chi connectivity index (χ0v) is 14.2. The van der Waals surface area contributed by atoms with Crippen LogP contribution in [0.1, 0.15) is 16.1 Å². The van der Waals surface area contributed by atoms with Crippen LogP contribution in [-0.4, -0.2) is 48.0 Å². The lowest BCUT2D eigenvalue weighted by atomic mass is 10.2. The molecule has 0 atom stereocenters. The first-order chi connectivity index (χ1) is 11.0. The summed E-state index contributed by atoms with van der Waals surface area (Å²) in [5.74, 6) is 0.322. The summed E-state index contributed by atoms with van der Waals surface area (Å²) >= 11 is 6.10. The molecule has 0 radical (unpaired) electrons. The van der Waals surface area contributed by atoms with Crippen molar-refractivity contribution in [1.29, 1.82) is 0 Å². The molecule has 0 fully saturated rings. The molecule has 7 heteroatoms. The van der Waals surface area contributed by atoms with Gasteiger partial charge in [0.05, 0.1) is 0 Å². The number of carbonyl (C=O) groups is 1. The Morgan fingerprint density at radius 1 is 1.30 bits per heavy atom. The van der Waals surface area contributed by atoms with Gasteiger partial charge in [-0.25, -0.2) is 9.97 Å². The third-order valence-corrected chi connectivity index (χ3v) is 3.68. The number of likely N-dealkylation sites (N-methyl/N-ethyl adjacent to an activating group) is 1. The molecule has 2 aromatic rings. The number of aromatic nitrogens is 2. The minimum absolute atomic E-state index is 0.222. The lowest BCUT2D eigenvalue weighted by Gasteiger charge is -2.12. The smallest absolute Gasteiger partial charge is 0.270 e. The molecule has 2 N–H and O–H groups in total. The maximum absolute atomic E-state index is 12.1. The SMILES string of the molecule is Cc1c(Cl)cccc1Nc1cc(C(=O)NCCN(C)C)ncn1. The molecule has 1 aromatic heterocycles. The first-order valence-corrected chi connectivity index (χ1v) is 7.62. The molecular formula is C16H20ClN5O. The van der Waals surface area contributed by atoms with Gasteiger partial charge in [0, 0.05) is 29.9 Å². The molecule has 0 aliphatic rings. The van der Waals surface area contributed by atoms with Crippen LogP contribution in [0.5, 0.6) is 0 Å². The normalized spacial score (nSPS) is 10.7. The molecule has 0 unspecified atom stereocenters. The van der Waals surface area contributed by atoms with E-state index < -0.39 is 0 Å². The molecule has 0 bridgehead atoms. The molecule has 6 nitrogen and oxygen atoms in total. The van der Waals surface area contributed by atoms with Crippen LogP contribution in [0, 0.1) is 6.92 Å². The Bertz CT molecular complexity index is 690. The van der Waals surface area contributed by atoms with Crippen LogP contribution >= 0.6 is 11.6 Å². The van der Waals surface area contributed by atoms with Crippen LogP contribution in [0.15, 0.2) is 30.6 Å². The van der Waals surface area contributed by atoms with Crippen LogP contribution in [0.3, 0.4) is 0 Å². The predicted molar refractivity (Wildman–Crippen MR) is 92.4 cm³/mol. The number of rotatable bonds is 6. The van der Waals surface area contributed by atoms with E-state index in [-0.39, 0.29) is 5.91 Å². The number of halogens is 1. The van der Waals surface area contributed by atoms with Crippen LogP contribution < -0.4 is 10.6 Å². The topological polar surface area (TPSA) is 70.2 Å². The minimum Gasteiger partial charge on any atom is -0.349 e. The van der Waals surface area contributed by atoms with E-state index >= 15 is 0 Å². The number of nitrogens with zero attached hydrogens (tertiary/aromatic N) is 3. The van der Waals surface area contributed by atoms with Crippen LogP contribution in [-0.2, 0) is 0 Å². The highest BCUT2D eigenvalue weighted by Gasteiger charge is 2.09. The second-order valence-corrected chi connectivity index (χ2v) is 5.79. The summed E-state index contributed by atoms with van der Waals surface area (Å²) in [4.78, 5) is 22.2. The van der Waals surface area contributed by atoms with E-state index in [0.29, 0.717) is 23.1 Å². The monoisotopic (exact) mass is 333 g/mol. The van der Waals surface area contributed by atoms with Crippen LogP contribution in [0.4, 0.5) is 11.5 Å². The van der Waals surface area contributed by atoms with Crippen molar-refractivity contribution in [3.63, 3.8) is 0 Å². The van der Waals surface area contributed by atoms with Gasteiger partial charge in [-0.15, -0.1) is 0 Å². The van der Waals surface area contributed by atoms with Crippen molar-refractivity contribution < 1.29 is 4.79 Å². The van der Waals surface area contributed by atoms with Gasteiger partial charge in [0.15, 0.2) is 0 Å². The zero-order chi connectivity index (χ0) is 16.8. The fourth-order valence-corrected chi connectivity index (χ4v) is 2.09. The van der Waals surface area contributed by atoms with E-state index in [1.54, 1.807) is 6.07 Å². The standard InChI is InChI=1S/C16H20ClN5O/c1-11-12(17)5-4-6-13(11)21-15-9-14(19-10-20-15)16(23)18-7-8-22(2)3/h4-6,9-10H,7-8H2,1-3H3,(H,18,23)(H,19,20,21). The summed E-state index contributed by atoms with van der Waals surface area (Å²) in [7, 11) is 3.90. The van der Waals surface area contributed by atoms with Gasteiger partial charge in [0.25, 0.3) is 5.91 Å². The van der Waals surface area contributed by atoms with Crippen molar-refractivity contribution in [3.05, 3.63) is 46.9 Å². The molecule has 122 valence electrons. The summed E-state index contributed by atoms with van der Waals surface area (Å²) in [6.45, 7) is 3.25. The number of benzene rings is 1. The van der Waals surface area contributed by atoms with Gasteiger partial charge in [0.1, 0.15) is 17.8 Å². The summed E-state index contributed by atoms with van der Waals surface area (Å²) in [6.07, 6.45) is 1.36. The first-order valence-electron chi connectivity index (χ1n) is 7.24. The van der Waals surface area contributed by atoms with Crippen molar-refractivity contribution in [2.75, 3.05) is 32.5 Å². The summed E-state index contributed by atoms with van der Waals surface area (Å²) in [6, 6.07) is 7.20. The van der Waals surface area contributed by atoms with Gasteiger partial charge in [-0.05, 0) is 38.7 Å². The molecule has 23 heavy (non-hydrogen) atoms. The van der Waals surface area contributed by atoms with E-state index in [4.69, 9.17) is 11.6 Å². The number of anilines is 2. The maximum atomic E-state index is 12.1. The maximum Gasteiger partial charge on any atom is 0.270 e. The Labute approximate surface area is 140 Å². The Hall–Kier alpha value is -2.18. The van der Waals surface area contributed by atoms with Gasteiger partial charge in [0.2, 0.25) is 0 Å². The number of hydrogen-bond acceptors (Lipinski definition) is 5. The highest BCUT2D eigenvalue weighted by atomic mass is 35.5. The zero-order valence-electron chi connectivity index (χ0n) is 13.4. The second kappa shape index (κ2) is 7.89. The average Bonchev–Trinajstić information content (AvgIpc) is 2.52. The lowest BCUT2D eigenvalue weighted by Crippen LogP contribution is -2.31. The summed E-state index contributed by atoms with van der Waals surface area (Å²) in [5.41, 5.74) is 2.08. The Morgan fingerprint density at radius 3 is 2.83 bits per heavy atom. The van der Waals surface area contributed by atoms with Gasteiger partial charge in [-0.2, -0.15) is 0 Å². The van der Waals surface area contributed by atoms with Crippen LogP contribution in [0.2, 0.25) is 5.02 Å². The van der Waals surface area contributed by atoms with Crippen molar-refractivity contribution in [2.45, 2.75) is 6.92 Å². The molecule has 0 saturated carbocycles. The molecular weight excluding hydrogens is 314 g/mol. The summed E-state index contributed by atoms with van der Waals surface area (Å²) < 4.78 is 0. The van der Waals surface area contributed by atoms with Crippen molar-refractivity contribution in [3.8, 4) is 0 Å². The fourth-order valence-electron chi connectivity index (χ4n) is 1.91. The van der Waals surface area contributed by atoms with Crippen molar-refractivity contribution in [2.24, 2.45) is 0 Å². The molecule has 0 saturated heterocycles. The van der Waals surface area contributed by atoms with E-state index in [2.05, 4.69) is 20.6 Å². The van der Waals surface area contributed by atoms with Gasteiger partial charge in [-0.1, -0.05) is 17.7 Å². The van der Waals surface area contributed by atoms with Gasteiger partial charge < -0.3 is 15.5 Å². The predicted octanol–water partition coefficient (Wildman–Crippen LogP) is 2.47. The largest absolute Gasteiger partial charge is 0.349 e. The van der Waals surface area contributed by atoms with Crippen LogP contribution in [0.25, 0.3) is 0 Å². The quantitative estimate of drug-likeness (QED) is 0.850. The number of amides is 1. The Balaban J connectivity index is 2.07.